The lowest BCUT2D eigenvalue weighted by Crippen LogP contribution is -2.50. The normalized spacial score (nSPS) is 19.7. The van der Waals surface area contributed by atoms with E-state index in [4.69, 9.17) is 0 Å². The highest BCUT2D eigenvalue weighted by atomic mass is 16.2. The molecule has 0 spiro atoms. The van der Waals surface area contributed by atoms with Crippen LogP contribution < -0.4 is 10.6 Å². The summed E-state index contributed by atoms with van der Waals surface area (Å²) in [6.07, 6.45) is 9.20. The molecule has 2 aliphatic carbocycles. The molecule has 5 heteroatoms. The molecule has 27 heavy (non-hydrogen) atoms. The van der Waals surface area contributed by atoms with Gasteiger partial charge in [0.1, 0.15) is 6.04 Å². The monoisotopic (exact) mass is 367 g/mol. The molecular weight excluding hydrogens is 338 g/mol. The second kappa shape index (κ2) is 7.75. The van der Waals surface area contributed by atoms with E-state index in [0.717, 1.165) is 42.1 Å². The van der Waals surface area contributed by atoms with Crippen LogP contribution in [0.2, 0.25) is 0 Å². The molecular formula is C22H29N3O2. The minimum absolute atomic E-state index is 0.0117. The minimum Gasteiger partial charge on any atom is -0.361 e. The van der Waals surface area contributed by atoms with Crippen LogP contribution in [0, 0.1) is 11.8 Å². The van der Waals surface area contributed by atoms with Crippen LogP contribution in [0.25, 0.3) is 10.9 Å². The fourth-order valence-electron chi connectivity index (χ4n) is 4.23. The van der Waals surface area contributed by atoms with Crippen molar-refractivity contribution >= 4 is 22.7 Å². The molecule has 2 fully saturated rings. The Labute approximate surface area is 160 Å². The maximum Gasteiger partial charge on any atom is 0.243 e. The van der Waals surface area contributed by atoms with Crippen LogP contribution in [0.1, 0.15) is 51.0 Å². The fourth-order valence-corrected chi connectivity index (χ4v) is 4.23. The molecule has 2 amide bonds. The van der Waals surface area contributed by atoms with Gasteiger partial charge in [0.05, 0.1) is 0 Å². The van der Waals surface area contributed by atoms with Crippen molar-refractivity contribution in [1.82, 2.24) is 15.6 Å². The molecule has 2 unspecified atom stereocenters. The molecule has 0 aliphatic heterocycles. The lowest BCUT2D eigenvalue weighted by Gasteiger charge is -2.23. The highest BCUT2D eigenvalue weighted by Gasteiger charge is 2.32. The summed E-state index contributed by atoms with van der Waals surface area (Å²) in [5.74, 6) is 0.365. The van der Waals surface area contributed by atoms with E-state index in [1.54, 1.807) is 0 Å². The average Bonchev–Trinajstić information content (AvgIpc) is 3.17. The second-order valence-corrected chi connectivity index (χ2v) is 8.24. The van der Waals surface area contributed by atoms with Crippen molar-refractivity contribution in [2.75, 3.05) is 0 Å². The lowest BCUT2D eigenvalue weighted by molar-refractivity contribution is -0.131. The first-order chi connectivity index (χ1) is 13.1. The molecule has 3 N–H and O–H groups in total. The Morgan fingerprint density at radius 3 is 2.59 bits per heavy atom. The third-order valence-electron chi connectivity index (χ3n) is 6.18. The van der Waals surface area contributed by atoms with Gasteiger partial charge in [-0.2, -0.15) is 0 Å². The third-order valence-corrected chi connectivity index (χ3v) is 6.18. The number of H-pyrrole nitrogens is 1. The van der Waals surface area contributed by atoms with E-state index < -0.39 is 6.04 Å². The zero-order valence-corrected chi connectivity index (χ0v) is 16.0. The third kappa shape index (κ3) is 4.18. The molecule has 0 bridgehead atoms. The van der Waals surface area contributed by atoms with Gasteiger partial charge in [-0.25, -0.2) is 0 Å². The summed E-state index contributed by atoms with van der Waals surface area (Å²) in [5, 5.41) is 7.24. The van der Waals surface area contributed by atoms with Gasteiger partial charge in [-0.1, -0.05) is 38.0 Å². The van der Waals surface area contributed by atoms with Crippen LogP contribution in [-0.2, 0) is 16.0 Å². The predicted molar refractivity (Wildman–Crippen MR) is 106 cm³/mol. The van der Waals surface area contributed by atoms with Gasteiger partial charge in [-0.3, -0.25) is 9.59 Å². The number of rotatable bonds is 7. The van der Waals surface area contributed by atoms with Crippen molar-refractivity contribution in [2.24, 2.45) is 11.8 Å². The van der Waals surface area contributed by atoms with Gasteiger partial charge < -0.3 is 15.6 Å². The molecule has 1 aromatic carbocycles. The zero-order valence-electron chi connectivity index (χ0n) is 16.0. The van der Waals surface area contributed by atoms with E-state index in [0.29, 0.717) is 12.3 Å². The van der Waals surface area contributed by atoms with Gasteiger partial charge in [0.2, 0.25) is 11.8 Å². The molecule has 1 aromatic heterocycles. The quantitative estimate of drug-likeness (QED) is 0.702. The lowest BCUT2D eigenvalue weighted by atomic mass is 9.91. The number of fused-ring (bicyclic) bond motifs is 1. The van der Waals surface area contributed by atoms with E-state index in [1.807, 2.05) is 31.3 Å². The molecule has 2 aromatic rings. The molecule has 0 radical (unpaired) electrons. The molecule has 2 aliphatic rings. The van der Waals surface area contributed by atoms with Crippen LogP contribution in [0.5, 0.6) is 0 Å². The zero-order chi connectivity index (χ0) is 18.8. The van der Waals surface area contributed by atoms with Gasteiger partial charge in [0, 0.05) is 35.5 Å². The fraction of sp³-hybridized carbons (Fsp3) is 0.545. The largest absolute Gasteiger partial charge is 0.361 e. The van der Waals surface area contributed by atoms with E-state index in [1.165, 1.54) is 12.8 Å². The van der Waals surface area contributed by atoms with Crippen LogP contribution in [0.4, 0.5) is 0 Å². The Hall–Kier alpha value is -2.30. The standard InChI is InChI=1S/C22H29N3O2/c1-14(15-6-2-3-7-15)21(26)25-20(22(27)24-17-10-11-17)12-16-13-23-19-9-5-4-8-18(16)19/h4-5,8-9,13-15,17,20,23H,2-3,6-7,10-12H2,1H3,(H,24,27)(H,25,26). The second-order valence-electron chi connectivity index (χ2n) is 8.24. The van der Waals surface area contributed by atoms with Gasteiger partial charge in [-0.15, -0.1) is 0 Å². The number of hydrogen-bond acceptors (Lipinski definition) is 2. The van der Waals surface area contributed by atoms with E-state index in [9.17, 15) is 9.59 Å². The van der Waals surface area contributed by atoms with Crippen molar-refractivity contribution in [3.8, 4) is 0 Å². The summed E-state index contributed by atoms with van der Waals surface area (Å²) < 4.78 is 0. The predicted octanol–water partition coefficient (Wildman–Crippen LogP) is 3.30. The van der Waals surface area contributed by atoms with Crippen molar-refractivity contribution < 1.29 is 9.59 Å². The minimum atomic E-state index is -0.527. The van der Waals surface area contributed by atoms with Crippen LogP contribution in [-0.4, -0.2) is 28.9 Å². The summed E-state index contributed by atoms with van der Waals surface area (Å²) in [6, 6.07) is 7.83. The number of amides is 2. The van der Waals surface area contributed by atoms with Crippen molar-refractivity contribution in [3.05, 3.63) is 36.0 Å². The first-order valence-corrected chi connectivity index (χ1v) is 10.3. The highest BCUT2D eigenvalue weighted by molar-refractivity contribution is 5.90. The number of hydrogen-bond donors (Lipinski definition) is 3. The number of carbonyl (C=O) groups excluding carboxylic acids is 2. The Morgan fingerprint density at radius 1 is 1.11 bits per heavy atom. The van der Waals surface area contributed by atoms with Crippen molar-refractivity contribution in [2.45, 2.75) is 64.0 Å². The molecule has 5 nitrogen and oxygen atoms in total. The Balaban J connectivity index is 1.49. The van der Waals surface area contributed by atoms with Crippen molar-refractivity contribution in [1.29, 1.82) is 0 Å². The maximum absolute atomic E-state index is 12.8. The number of carbonyl (C=O) groups is 2. The molecule has 0 saturated heterocycles. The first kappa shape index (κ1) is 18.1. The number of para-hydroxylation sites is 1. The number of aromatic nitrogens is 1. The van der Waals surface area contributed by atoms with Crippen molar-refractivity contribution in [3.63, 3.8) is 0 Å². The van der Waals surface area contributed by atoms with Crippen LogP contribution in [0.15, 0.2) is 30.5 Å². The first-order valence-electron chi connectivity index (χ1n) is 10.3. The summed E-state index contributed by atoms with van der Waals surface area (Å²) >= 11 is 0. The Morgan fingerprint density at radius 2 is 1.85 bits per heavy atom. The Bertz CT molecular complexity index is 818. The van der Waals surface area contributed by atoms with Gasteiger partial charge in [0.15, 0.2) is 0 Å². The van der Waals surface area contributed by atoms with E-state index in [-0.39, 0.29) is 23.8 Å². The topological polar surface area (TPSA) is 74.0 Å². The summed E-state index contributed by atoms with van der Waals surface area (Å²) in [4.78, 5) is 28.9. The maximum atomic E-state index is 12.8. The van der Waals surface area contributed by atoms with E-state index >= 15 is 0 Å². The molecule has 1 heterocycles. The number of nitrogens with one attached hydrogen (secondary N) is 3. The van der Waals surface area contributed by atoms with E-state index in [2.05, 4.69) is 21.7 Å². The smallest absolute Gasteiger partial charge is 0.243 e. The highest BCUT2D eigenvalue weighted by Crippen LogP contribution is 2.31. The Kier molecular flexibility index (Phi) is 5.19. The summed E-state index contributed by atoms with van der Waals surface area (Å²) in [7, 11) is 0. The van der Waals surface area contributed by atoms with Gasteiger partial charge in [-0.05, 0) is 43.2 Å². The van der Waals surface area contributed by atoms with Crippen LogP contribution in [0.3, 0.4) is 0 Å². The molecule has 2 saturated carbocycles. The number of aromatic amines is 1. The van der Waals surface area contributed by atoms with Gasteiger partial charge >= 0.3 is 0 Å². The summed E-state index contributed by atoms with van der Waals surface area (Å²) in [6.45, 7) is 2.01. The van der Waals surface area contributed by atoms with Gasteiger partial charge in [0.25, 0.3) is 0 Å². The SMILES string of the molecule is CC(C(=O)NC(Cc1c[nH]c2ccccc12)C(=O)NC1CC1)C1CCCC1. The molecule has 2 atom stereocenters. The molecule has 144 valence electrons. The summed E-state index contributed by atoms with van der Waals surface area (Å²) in [5.41, 5.74) is 2.12. The van der Waals surface area contributed by atoms with Crippen LogP contribution >= 0.6 is 0 Å². The average molecular weight is 367 g/mol. The molecule has 4 rings (SSSR count). The number of benzene rings is 1.